The van der Waals surface area contributed by atoms with Crippen molar-refractivity contribution in [2.45, 2.75) is 21.8 Å². The van der Waals surface area contributed by atoms with E-state index in [0.29, 0.717) is 6.07 Å². The van der Waals surface area contributed by atoms with Gasteiger partial charge in [0.15, 0.2) is 0 Å². The molecule has 0 radical (unpaired) electrons. The molecule has 3 aromatic carbocycles. The molecule has 194 valence electrons. The Hall–Kier alpha value is -2.59. The fourth-order valence-electron chi connectivity index (χ4n) is 4.32. The molecular formula is C24H13Cl4F5N2O2. The molecule has 4 rings (SSSR count). The Morgan fingerprint density at radius 2 is 1.57 bits per heavy atom. The summed E-state index contributed by atoms with van der Waals surface area (Å²) in [6.45, 7) is 0. The lowest BCUT2D eigenvalue weighted by molar-refractivity contribution is -0.137. The van der Waals surface area contributed by atoms with Crippen LogP contribution in [0.5, 0.6) is 0 Å². The third kappa shape index (κ3) is 4.52. The summed E-state index contributed by atoms with van der Waals surface area (Å²) in [6, 6.07) is 9.15. The first kappa shape index (κ1) is 27.4. The fourth-order valence-corrected chi connectivity index (χ4v) is 5.90. The number of carbonyl (C=O) groups excluding carboxylic acids is 2. The molecule has 0 heterocycles. The maximum absolute atomic E-state index is 14.0. The van der Waals surface area contributed by atoms with E-state index in [1.54, 1.807) is 0 Å². The lowest BCUT2D eigenvalue weighted by atomic mass is 9.87. The minimum Gasteiger partial charge on any atom is -0.369 e. The molecular weight excluding hydrogens is 585 g/mol. The summed E-state index contributed by atoms with van der Waals surface area (Å²) < 4.78 is 66.7. The second kappa shape index (κ2) is 9.31. The number of primary amides is 1. The highest BCUT2D eigenvalue weighted by Crippen LogP contribution is 2.74. The van der Waals surface area contributed by atoms with E-state index >= 15 is 0 Å². The molecule has 3 aromatic rings. The van der Waals surface area contributed by atoms with Gasteiger partial charge in [0.1, 0.15) is 21.4 Å². The first-order chi connectivity index (χ1) is 17.1. The van der Waals surface area contributed by atoms with Crippen molar-refractivity contribution in [2.24, 2.45) is 5.73 Å². The molecule has 2 atom stereocenters. The summed E-state index contributed by atoms with van der Waals surface area (Å²) in [4.78, 5) is 25.7. The van der Waals surface area contributed by atoms with Crippen LogP contribution >= 0.6 is 46.4 Å². The Morgan fingerprint density at radius 3 is 2.11 bits per heavy atom. The smallest absolute Gasteiger partial charge is 0.369 e. The van der Waals surface area contributed by atoms with Crippen LogP contribution in [0.15, 0.2) is 54.6 Å². The number of rotatable bonds is 5. The van der Waals surface area contributed by atoms with Gasteiger partial charge in [0.05, 0.1) is 21.2 Å². The zero-order chi connectivity index (χ0) is 27.5. The van der Waals surface area contributed by atoms with Crippen LogP contribution in [-0.2, 0) is 16.4 Å². The number of benzene rings is 3. The molecule has 0 aliphatic heterocycles. The van der Waals surface area contributed by atoms with E-state index in [2.05, 4.69) is 5.32 Å². The van der Waals surface area contributed by atoms with Crippen molar-refractivity contribution in [1.29, 1.82) is 0 Å². The highest BCUT2D eigenvalue weighted by Gasteiger charge is 2.81. The SMILES string of the molecule is NC(=O)C1(c2cc(C(=O)Nc3ccc(F)cc3)c(Cl)c(C(F)(F)F)c2)C(c2ccc(F)c(Cl)c2)C1(Cl)Cl. The number of anilines is 1. The van der Waals surface area contributed by atoms with Crippen molar-refractivity contribution < 1.29 is 31.5 Å². The van der Waals surface area contributed by atoms with Crippen molar-refractivity contribution in [1.82, 2.24) is 0 Å². The summed E-state index contributed by atoms with van der Waals surface area (Å²) in [7, 11) is 0. The molecule has 37 heavy (non-hydrogen) atoms. The van der Waals surface area contributed by atoms with E-state index in [9.17, 15) is 31.5 Å². The largest absolute Gasteiger partial charge is 0.417 e. The molecule has 0 bridgehead atoms. The molecule has 13 heteroatoms. The van der Waals surface area contributed by atoms with Crippen molar-refractivity contribution in [3.05, 3.63) is 98.5 Å². The summed E-state index contributed by atoms with van der Waals surface area (Å²) in [5.74, 6) is -4.96. The minimum absolute atomic E-state index is 0.0559. The average molecular weight is 598 g/mol. The Bertz CT molecular complexity index is 1430. The third-order valence-corrected chi connectivity index (χ3v) is 7.81. The van der Waals surface area contributed by atoms with Crippen molar-refractivity contribution in [3.8, 4) is 0 Å². The molecule has 0 aromatic heterocycles. The van der Waals surface area contributed by atoms with Crippen molar-refractivity contribution >= 4 is 63.9 Å². The van der Waals surface area contributed by atoms with E-state index in [1.807, 2.05) is 0 Å². The van der Waals surface area contributed by atoms with E-state index < -0.39 is 67.0 Å². The van der Waals surface area contributed by atoms with Gasteiger partial charge in [-0.2, -0.15) is 13.2 Å². The zero-order valence-corrected chi connectivity index (χ0v) is 21.1. The standard InChI is InChI=1S/C24H13Cl4F5N2O2/c25-16-7-10(1-6-17(16)30)19-22(21(34)37,23(19,27)28)11-8-14(18(26)15(9-11)24(31,32)33)20(36)35-13-4-2-12(29)3-5-13/h1-9,19H,(H2,34,37)(H,35,36). The van der Waals surface area contributed by atoms with Crippen LogP contribution < -0.4 is 11.1 Å². The summed E-state index contributed by atoms with van der Waals surface area (Å²) in [5, 5.41) is 0.998. The normalized spacial score (nSPS) is 20.4. The summed E-state index contributed by atoms with van der Waals surface area (Å²) in [6.07, 6.45) is -5.07. The van der Waals surface area contributed by atoms with E-state index in [1.165, 1.54) is 18.2 Å². The number of alkyl halides is 5. The van der Waals surface area contributed by atoms with E-state index in [-0.39, 0.29) is 16.3 Å². The Kier molecular flexibility index (Phi) is 6.90. The molecule has 3 N–H and O–H groups in total. The van der Waals surface area contributed by atoms with Crippen LogP contribution in [0, 0.1) is 11.6 Å². The molecule has 2 unspecified atom stereocenters. The Balaban J connectivity index is 1.90. The van der Waals surface area contributed by atoms with E-state index in [4.69, 9.17) is 52.1 Å². The molecule has 1 aliphatic rings. The maximum Gasteiger partial charge on any atom is 0.417 e. The number of carbonyl (C=O) groups is 2. The van der Waals surface area contributed by atoms with Gasteiger partial charge in [0.25, 0.3) is 5.91 Å². The molecule has 1 fully saturated rings. The molecule has 4 nitrogen and oxygen atoms in total. The molecule has 0 saturated heterocycles. The topological polar surface area (TPSA) is 72.2 Å². The van der Waals surface area contributed by atoms with Gasteiger partial charge in [-0.15, -0.1) is 0 Å². The fraction of sp³-hybridized carbons (Fsp3) is 0.167. The maximum atomic E-state index is 14.0. The van der Waals surface area contributed by atoms with Crippen LogP contribution in [0.3, 0.4) is 0 Å². The predicted octanol–water partition coefficient (Wildman–Crippen LogP) is 7.24. The first-order valence-electron chi connectivity index (χ1n) is 10.2. The van der Waals surface area contributed by atoms with Crippen molar-refractivity contribution in [3.63, 3.8) is 0 Å². The number of hydrogen-bond acceptors (Lipinski definition) is 2. The predicted molar refractivity (Wildman–Crippen MR) is 130 cm³/mol. The molecule has 1 aliphatic carbocycles. The number of nitrogens with one attached hydrogen (secondary N) is 1. The van der Waals surface area contributed by atoms with Crippen LogP contribution in [0.25, 0.3) is 0 Å². The van der Waals surface area contributed by atoms with Gasteiger partial charge in [-0.05, 0) is 59.7 Å². The molecule has 0 spiro atoms. The van der Waals surface area contributed by atoms with Gasteiger partial charge in [0.2, 0.25) is 5.91 Å². The van der Waals surface area contributed by atoms with E-state index in [0.717, 1.165) is 30.3 Å². The third-order valence-electron chi connectivity index (χ3n) is 6.08. The average Bonchev–Trinajstić information content (AvgIpc) is 3.33. The Labute approximate surface area is 226 Å². The molecule has 2 amide bonds. The van der Waals surface area contributed by atoms with Crippen LogP contribution in [-0.4, -0.2) is 16.1 Å². The van der Waals surface area contributed by atoms with Crippen LogP contribution in [0.2, 0.25) is 10.0 Å². The summed E-state index contributed by atoms with van der Waals surface area (Å²) in [5.41, 5.74) is 1.05. The second-order valence-electron chi connectivity index (χ2n) is 8.25. The van der Waals surface area contributed by atoms with Gasteiger partial charge in [-0.25, -0.2) is 8.78 Å². The zero-order valence-electron chi connectivity index (χ0n) is 18.1. The lowest BCUT2D eigenvalue weighted by Crippen LogP contribution is -2.34. The van der Waals surface area contributed by atoms with Crippen LogP contribution in [0.1, 0.15) is 33.0 Å². The van der Waals surface area contributed by atoms with Gasteiger partial charge in [-0.1, -0.05) is 52.5 Å². The highest BCUT2D eigenvalue weighted by molar-refractivity contribution is 6.55. The van der Waals surface area contributed by atoms with Gasteiger partial charge < -0.3 is 11.1 Å². The number of nitrogens with two attached hydrogens (primary N) is 1. The first-order valence-corrected chi connectivity index (χ1v) is 11.7. The van der Waals surface area contributed by atoms with Gasteiger partial charge in [0, 0.05) is 11.6 Å². The quantitative estimate of drug-likeness (QED) is 0.240. The van der Waals surface area contributed by atoms with Crippen LogP contribution in [0.4, 0.5) is 27.6 Å². The number of halogens is 9. The van der Waals surface area contributed by atoms with Gasteiger partial charge in [-0.3, -0.25) is 9.59 Å². The minimum atomic E-state index is -5.07. The lowest BCUT2D eigenvalue weighted by Gasteiger charge is -2.21. The van der Waals surface area contributed by atoms with Crippen molar-refractivity contribution in [2.75, 3.05) is 5.32 Å². The molecule has 1 saturated carbocycles. The van der Waals surface area contributed by atoms with Gasteiger partial charge >= 0.3 is 6.18 Å². The summed E-state index contributed by atoms with van der Waals surface area (Å²) >= 11 is 24.7. The number of hydrogen-bond donors (Lipinski definition) is 2. The second-order valence-corrected chi connectivity index (χ2v) is 10.4. The highest BCUT2D eigenvalue weighted by atomic mass is 35.5. The Morgan fingerprint density at radius 1 is 0.946 bits per heavy atom. The monoisotopic (exact) mass is 596 g/mol. The number of amides is 2.